The van der Waals surface area contributed by atoms with Crippen LogP contribution in [-0.2, 0) is 13.8 Å². The molecule has 0 aliphatic carbocycles. The van der Waals surface area contributed by atoms with Crippen LogP contribution in [0.3, 0.4) is 0 Å². The molecule has 19 heavy (non-hydrogen) atoms. The molecule has 1 saturated heterocycles. The number of pyridine rings is 1. The van der Waals surface area contributed by atoms with Gasteiger partial charge in [-0.2, -0.15) is 0 Å². The first-order chi connectivity index (χ1) is 8.76. The van der Waals surface area contributed by atoms with Crippen LogP contribution in [0.1, 0.15) is 12.0 Å². The highest BCUT2D eigenvalue weighted by Gasteiger charge is 2.33. The molecule has 0 aromatic carbocycles. The van der Waals surface area contributed by atoms with Crippen LogP contribution in [0.5, 0.6) is 0 Å². The van der Waals surface area contributed by atoms with E-state index in [0.29, 0.717) is 17.4 Å². The molecule has 1 unspecified atom stereocenters. The normalized spacial score (nSPS) is 20.1. The van der Waals surface area contributed by atoms with E-state index < -0.39 is 9.05 Å². The van der Waals surface area contributed by atoms with E-state index in [9.17, 15) is 13.2 Å². The fourth-order valence-corrected chi connectivity index (χ4v) is 3.49. The number of carbonyl (C=O) groups excluding carboxylic acids is 1. The van der Waals surface area contributed by atoms with E-state index >= 15 is 0 Å². The monoisotopic (exact) mass is 322 g/mol. The molecular weight excluding hydrogens is 311 g/mol. The smallest absolute Gasteiger partial charge is 0.232 e. The van der Waals surface area contributed by atoms with Crippen molar-refractivity contribution in [1.82, 2.24) is 4.98 Å². The highest BCUT2D eigenvalue weighted by Crippen LogP contribution is 2.27. The number of amides is 1. The number of hydrogen-bond donors (Lipinski definition) is 0. The average Bonchev–Trinajstić information content (AvgIpc) is 2.61. The van der Waals surface area contributed by atoms with Gasteiger partial charge in [-0.15, -0.1) is 0 Å². The maximum atomic E-state index is 11.9. The second-order valence-electron chi connectivity index (χ2n) is 4.57. The number of halogens is 2. The highest BCUT2D eigenvalue weighted by atomic mass is 35.7. The lowest BCUT2D eigenvalue weighted by Gasteiger charge is -2.16. The molecule has 5 nitrogen and oxygen atoms in total. The maximum Gasteiger partial charge on any atom is 0.232 e. The van der Waals surface area contributed by atoms with Gasteiger partial charge in [0.25, 0.3) is 0 Å². The van der Waals surface area contributed by atoms with Gasteiger partial charge in [0.05, 0.1) is 10.8 Å². The lowest BCUT2D eigenvalue weighted by atomic mass is 10.1. The summed E-state index contributed by atoms with van der Waals surface area (Å²) in [7, 11) is 1.61. The summed E-state index contributed by atoms with van der Waals surface area (Å²) in [5, 5.41) is 0.523. The lowest BCUT2D eigenvalue weighted by molar-refractivity contribution is -0.117. The van der Waals surface area contributed by atoms with Gasteiger partial charge in [0.15, 0.2) is 0 Å². The Labute approximate surface area is 120 Å². The molecule has 0 radical (unpaired) electrons. The minimum absolute atomic E-state index is 0.153. The molecule has 2 heterocycles. The van der Waals surface area contributed by atoms with Crippen molar-refractivity contribution < 1.29 is 13.2 Å². The third-order valence-corrected chi connectivity index (χ3v) is 4.59. The van der Waals surface area contributed by atoms with E-state index in [0.717, 1.165) is 5.56 Å². The van der Waals surface area contributed by atoms with Crippen LogP contribution in [-0.4, -0.2) is 31.6 Å². The Morgan fingerprint density at radius 3 is 2.79 bits per heavy atom. The second kappa shape index (κ2) is 5.26. The molecule has 1 amide bonds. The predicted molar refractivity (Wildman–Crippen MR) is 74.1 cm³/mol. The van der Waals surface area contributed by atoms with Crippen molar-refractivity contribution in [3.63, 3.8) is 0 Å². The molecule has 0 spiro atoms. The largest absolute Gasteiger partial charge is 0.296 e. The number of anilines is 1. The van der Waals surface area contributed by atoms with Crippen LogP contribution in [0.4, 0.5) is 5.82 Å². The number of aryl methyl sites for hydroxylation is 1. The van der Waals surface area contributed by atoms with Crippen LogP contribution in [0, 0.1) is 12.8 Å². The Bertz CT molecular complexity index is 618. The van der Waals surface area contributed by atoms with E-state index in [4.69, 9.17) is 22.3 Å². The van der Waals surface area contributed by atoms with Gasteiger partial charge in [0.1, 0.15) is 5.82 Å². The van der Waals surface area contributed by atoms with Crippen LogP contribution >= 0.6 is 22.3 Å². The third kappa shape index (κ3) is 3.58. The number of hydrogen-bond acceptors (Lipinski definition) is 4. The fraction of sp³-hybridized carbons (Fsp3) is 0.455. The van der Waals surface area contributed by atoms with Gasteiger partial charge in [-0.3, -0.25) is 9.69 Å². The van der Waals surface area contributed by atoms with Crippen LogP contribution in [0.2, 0.25) is 5.02 Å². The van der Waals surface area contributed by atoms with Gasteiger partial charge in [0, 0.05) is 35.8 Å². The molecule has 1 aliphatic rings. The molecule has 0 N–H and O–H groups in total. The molecular formula is C11H12Cl2N2O3S. The topological polar surface area (TPSA) is 67.3 Å². The summed E-state index contributed by atoms with van der Waals surface area (Å²) in [5.74, 6) is -0.169. The van der Waals surface area contributed by atoms with Crippen molar-refractivity contribution >= 4 is 43.1 Å². The summed E-state index contributed by atoms with van der Waals surface area (Å²) < 4.78 is 22.1. The molecule has 1 aromatic rings. The summed E-state index contributed by atoms with van der Waals surface area (Å²) in [4.78, 5) is 17.4. The Kier molecular flexibility index (Phi) is 4.03. The Morgan fingerprint density at radius 2 is 2.21 bits per heavy atom. The molecule has 0 bridgehead atoms. The zero-order valence-corrected chi connectivity index (χ0v) is 12.5. The minimum atomic E-state index is -3.60. The van der Waals surface area contributed by atoms with Gasteiger partial charge in [-0.25, -0.2) is 13.4 Å². The third-order valence-electron chi connectivity index (χ3n) is 2.95. The van der Waals surface area contributed by atoms with Gasteiger partial charge in [-0.05, 0) is 18.6 Å². The summed E-state index contributed by atoms with van der Waals surface area (Å²) in [6.45, 7) is 2.12. The van der Waals surface area contributed by atoms with E-state index in [1.165, 1.54) is 11.1 Å². The average molecular weight is 323 g/mol. The zero-order chi connectivity index (χ0) is 14.2. The molecule has 104 valence electrons. The van der Waals surface area contributed by atoms with Crippen molar-refractivity contribution in [2.45, 2.75) is 13.3 Å². The quantitative estimate of drug-likeness (QED) is 0.798. The van der Waals surface area contributed by atoms with Gasteiger partial charge in [0.2, 0.25) is 15.0 Å². The molecule has 1 fully saturated rings. The molecule has 2 rings (SSSR count). The summed E-state index contributed by atoms with van der Waals surface area (Å²) >= 11 is 5.88. The molecule has 8 heteroatoms. The van der Waals surface area contributed by atoms with Crippen molar-refractivity contribution in [1.29, 1.82) is 0 Å². The lowest BCUT2D eigenvalue weighted by Crippen LogP contribution is -2.26. The minimum Gasteiger partial charge on any atom is -0.296 e. The molecule has 1 atom stereocenters. The van der Waals surface area contributed by atoms with Crippen LogP contribution in [0.25, 0.3) is 0 Å². The van der Waals surface area contributed by atoms with Crippen molar-refractivity contribution in [3.8, 4) is 0 Å². The molecule has 1 aromatic heterocycles. The predicted octanol–water partition coefficient (Wildman–Crippen LogP) is 1.96. The zero-order valence-electron chi connectivity index (χ0n) is 10.1. The SMILES string of the molecule is Cc1cc(N2CC(CS(=O)(=O)Cl)CC2=O)ncc1Cl. The van der Waals surface area contributed by atoms with Crippen molar-refractivity contribution in [3.05, 3.63) is 22.8 Å². The van der Waals surface area contributed by atoms with E-state index in [1.807, 2.05) is 6.92 Å². The van der Waals surface area contributed by atoms with Crippen LogP contribution in [0.15, 0.2) is 12.3 Å². The standard InChI is InChI=1S/C11H12Cl2N2O3S/c1-7-2-10(14-4-9(7)12)15-5-8(3-11(15)16)6-19(13,17)18/h2,4,8H,3,5-6H2,1H3. The highest BCUT2D eigenvalue weighted by molar-refractivity contribution is 8.13. The first-order valence-corrected chi connectivity index (χ1v) is 8.47. The van der Waals surface area contributed by atoms with Crippen molar-refractivity contribution in [2.24, 2.45) is 5.92 Å². The first-order valence-electron chi connectivity index (χ1n) is 5.61. The summed E-state index contributed by atoms with van der Waals surface area (Å²) in [6, 6.07) is 1.71. The maximum absolute atomic E-state index is 11.9. The van der Waals surface area contributed by atoms with Crippen molar-refractivity contribution in [2.75, 3.05) is 17.2 Å². The molecule has 1 aliphatic heterocycles. The number of rotatable bonds is 3. The Balaban J connectivity index is 2.18. The number of nitrogens with zero attached hydrogens (tertiary/aromatic N) is 2. The fourth-order valence-electron chi connectivity index (χ4n) is 2.07. The Hall–Kier alpha value is -0.850. The van der Waals surface area contributed by atoms with Crippen LogP contribution < -0.4 is 4.90 Å². The van der Waals surface area contributed by atoms with E-state index in [1.54, 1.807) is 6.07 Å². The summed E-state index contributed by atoms with van der Waals surface area (Å²) in [5.41, 5.74) is 0.813. The number of carbonyl (C=O) groups is 1. The molecule has 0 saturated carbocycles. The second-order valence-corrected chi connectivity index (χ2v) is 7.80. The van der Waals surface area contributed by atoms with Gasteiger partial charge in [-0.1, -0.05) is 11.6 Å². The van der Waals surface area contributed by atoms with Gasteiger partial charge < -0.3 is 0 Å². The summed E-state index contributed by atoms with van der Waals surface area (Å²) in [6.07, 6.45) is 1.64. The Morgan fingerprint density at radius 1 is 1.53 bits per heavy atom. The van der Waals surface area contributed by atoms with E-state index in [-0.39, 0.29) is 24.0 Å². The van der Waals surface area contributed by atoms with E-state index in [2.05, 4.69) is 4.98 Å². The number of aromatic nitrogens is 1. The first kappa shape index (κ1) is 14.6. The van der Waals surface area contributed by atoms with Gasteiger partial charge >= 0.3 is 0 Å².